The Labute approximate surface area is 113 Å². The number of aliphatic hydroxyl groups is 1. The van der Waals surface area contributed by atoms with Crippen molar-refractivity contribution in [3.63, 3.8) is 0 Å². The number of rotatable bonds is 1. The smallest absolute Gasteiger partial charge is 0.129 e. The summed E-state index contributed by atoms with van der Waals surface area (Å²) >= 11 is 0. The number of hydrogen-bond donors (Lipinski definition) is 1. The van der Waals surface area contributed by atoms with Gasteiger partial charge < -0.3 is 5.11 Å². The third-order valence-corrected chi connectivity index (χ3v) is 5.94. The van der Waals surface area contributed by atoms with E-state index in [1.165, 1.54) is 12.5 Å². The fourth-order valence-corrected chi connectivity index (χ4v) is 5.29. The van der Waals surface area contributed by atoms with Gasteiger partial charge in [0, 0.05) is 5.56 Å². The van der Waals surface area contributed by atoms with Crippen LogP contribution in [0.3, 0.4) is 0 Å². The highest BCUT2D eigenvalue weighted by molar-refractivity contribution is 5.32. The van der Waals surface area contributed by atoms with Crippen molar-refractivity contribution >= 4 is 0 Å². The number of aryl methyl sites for hydroxylation is 1. The summed E-state index contributed by atoms with van der Waals surface area (Å²) in [7, 11) is 0. The van der Waals surface area contributed by atoms with E-state index in [0.717, 1.165) is 43.1 Å². The largest absolute Gasteiger partial charge is 0.384 e. The molecule has 0 aromatic heterocycles. The van der Waals surface area contributed by atoms with Crippen LogP contribution in [0.2, 0.25) is 0 Å². The van der Waals surface area contributed by atoms with Crippen LogP contribution >= 0.6 is 0 Å². The minimum Gasteiger partial charge on any atom is -0.384 e. The van der Waals surface area contributed by atoms with Crippen molar-refractivity contribution in [2.75, 3.05) is 0 Å². The van der Waals surface area contributed by atoms with E-state index in [0.29, 0.717) is 5.56 Å². The van der Waals surface area contributed by atoms with Crippen molar-refractivity contribution in [1.82, 2.24) is 0 Å². The second kappa shape index (κ2) is 3.82. The normalized spacial score (nSPS) is 43.7. The van der Waals surface area contributed by atoms with Gasteiger partial charge in [-0.2, -0.15) is 0 Å². The first-order valence-electron chi connectivity index (χ1n) is 7.56. The Morgan fingerprint density at radius 3 is 2.21 bits per heavy atom. The van der Waals surface area contributed by atoms with Crippen LogP contribution in [-0.2, 0) is 5.60 Å². The fraction of sp³-hybridized carbons (Fsp3) is 0.647. The molecule has 4 saturated carbocycles. The van der Waals surface area contributed by atoms with Crippen LogP contribution in [0.1, 0.15) is 43.2 Å². The second-order valence-corrected chi connectivity index (χ2v) is 7.11. The Morgan fingerprint density at radius 1 is 1.05 bits per heavy atom. The number of hydrogen-bond acceptors (Lipinski definition) is 1. The van der Waals surface area contributed by atoms with E-state index in [9.17, 15) is 9.50 Å². The Balaban J connectivity index is 1.82. The molecule has 102 valence electrons. The van der Waals surface area contributed by atoms with Crippen LogP contribution in [0.25, 0.3) is 0 Å². The maximum Gasteiger partial charge on any atom is 0.129 e. The first-order chi connectivity index (χ1) is 9.07. The molecular formula is C17H21FO. The Morgan fingerprint density at radius 2 is 1.63 bits per heavy atom. The third kappa shape index (κ3) is 1.56. The van der Waals surface area contributed by atoms with Gasteiger partial charge in [-0.3, -0.25) is 0 Å². The molecule has 4 aliphatic rings. The summed E-state index contributed by atoms with van der Waals surface area (Å²) in [6.07, 6.45) is 5.72. The molecule has 19 heavy (non-hydrogen) atoms. The van der Waals surface area contributed by atoms with Crippen LogP contribution in [0, 0.1) is 36.4 Å². The summed E-state index contributed by atoms with van der Waals surface area (Å²) in [6.45, 7) is 1.97. The standard InChI is InChI=1S/C17H21FO/c1-10-2-3-16(18)15(4-10)17(19)13-6-11-5-12(8-13)9-14(17)7-11/h2-4,11-14,19H,5-9H2,1H3. The minimum atomic E-state index is -0.899. The summed E-state index contributed by atoms with van der Waals surface area (Å²) in [5, 5.41) is 11.3. The molecule has 0 atom stereocenters. The van der Waals surface area contributed by atoms with Gasteiger partial charge in [0.05, 0.1) is 5.60 Å². The van der Waals surface area contributed by atoms with Crippen molar-refractivity contribution in [2.24, 2.45) is 23.7 Å². The molecule has 4 aliphatic carbocycles. The monoisotopic (exact) mass is 260 g/mol. The average Bonchev–Trinajstić information content (AvgIpc) is 2.38. The molecule has 0 radical (unpaired) electrons. The van der Waals surface area contributed by atoms with Gasteiger partial charge in [0.25, 0.3) is 0 Å². The highest BCUT2D eigenvalue weighted by Crippen LogP contribution is 2.62. The molecular weight excluding hydrogens is 239 g/mol. The van der Waals surface area contributed by atoms with Gasteiger partial charge in [0.1, 0.15) is 5.82 Å². The maximum atomic E-state index is 14.3. The van der Waals surface area contributed by atoms with Crippen molar-refractivity contribution in [1.29, 1.82) is 0 Å². The van der Waals surface area contributed by atoms with E-state index < -0.39 is 5.60 Å². The van der Waals surface area contributed by atoms with Crippen molar-refractivity contribution in [2.45, 2.75) is 44.6 Å². The number of benzene rings is 1. The van der Waals surface area contributed by atoms with Crippen LogP contribution in [0.4, 0.5) is 4.39 Å². The van der Waals surface area contributed by atoms with Gasteiger partial charge in [-0.25, -0.2) is 4.39 Å². The lowest BCUT2D eigenvalue weighted by Crippen LogP contribution is -2.55. The second-order valence-electron chi connectivity index (χ2n) is 7.11. The first-order valence-corrected chi connectivity index (χ1v) is 7.56. The topological polar surface area (TPSA) is 20.2 Å². The predicted molar refractivity (Wildman–Crippen MR) is 72.1 cm³/mol. The van der Waals surface area contributed by atoms with E-state index in [1.54, 1.807) is 6.07 Å². The van der Waals surface area contributed by atoms with Crippen molar-refractivity contribution in [3.05, 3.63) is 35.1 Å². The first kappa shape index (κ1) is 11.9. The molecule has 1 aromatic rings. The molecule has 0 amide bonds. The van der Waals surface area contributed by atoms with E-state index >= 15 is 0 Å². The van der Waals surface area contributed by atoms with E-state index in [4.69, 9.17) is 0 Å². The van der Waals surface area contributed by atoms with Gasteiger partial charge in [-0.05, 0) is 68.8 Å². The fourth-order valence-electron chi connectivity index (χ4n) is 5.29. The lowest BCUT2D eigenvalue weighted by atomic mass is 9.48. The lowest BCUT2D eigenvalue weighted by Gasteiger charge is -2.59. The highest BCUT2D eigenvalue weighted by Gasteiger charge is 2.57. The zero-order valence-corrected chi connectivity index (χ0v) is 11.4. The molecule has 0 saturated heterocycles. The zero-order chi connectivity index (χ0) is 13.2. The third-order valence-electron chi connectivity index (χ3n) is 5.94. The van der Waals surface area contributed by atoms with Gasteiger partial charge in [0.2, 0.25) is 0 Å². The molecule has 0 spiro atoms. The summed E-state index contributed by atoms with van der Waals surface area (Å²) in [5.41, 5.74) is 0.712. The average molecular weight is 260 g/mol. The molecule has 0 aliphatic heterocycles. The SMILES string of the molecule is Cc1ccc(F)c(C2(O)C3CC4CC(C3)CC2C4)c1. The lowest BCUT2D eigenvalue weighted by molar-refractivity contribution is -0.180. The van der Waals surface area contributed by atoms with Crippen molar-refractivity contribution in [3.8, 4) is 0 Å². The van der Waals surface area contributed by atoms with Crippen LogP contribution < -0.4 is 0 Å². The Hall–Kier alpha value is -0.890. The van der Waals surface area contributed by atoms with Crippen LogP contribution in [0.5, 0.6) is 0 Å². The molecule has 1 aromatic carbocycles. The van der Waals surface area contributed by atoms with Crippen LogP contribution in [-0.4, -0.2) is 5.11 Å². The molecule has 0 unspecified atom stereocenters. The molecule has 2 heteroatoms. The maximum absolute atomic E-state index is 14.3. The van der Waals surface area contributed by atoms with E-state index in [2.05, 4.69) is 0 Å². The summed E-state index contributed by atoms with van der Waals surface area (Å²) in [6, 6.07) is 5.18. The quantitative estimate of drug-likeness (QED) is 0.814. The Kier molecular flexibility index (Phi) is 2.39. The van der Waals surface area contributed by atoms with Crippen molar-refractivity contribution < 1.29 is 9.50 Å². The zero-order valence-electron chi connectivity index (χ0n) is 11.4. The molecule has 4 fully saturated rings. The van der Waals surface area contributed by atoms with Gasteiger partial charge in [0.15, 0.2) is 0 Å². The Bertz CT molecular complexity index is 494. The van der Waals surface area contributed by atoms with Crippen LogP contribution in [0.15, 0.2) is 18.2 Å². The van der Waals surface area contributed by atoms with Gasteiger partial charge >= 0.3 is 0 Å². The van der Waals surface area contributed by atoms with Gasteiger partial charge in [-0.15, -0.1) is 0 Å². The summed E-state index contributed by atoms with van der Waals surface area (Å²) < 4.78 is 14.3. The van der Waals surface area contributed by atoms with E-state index in [-0.39, 0.29) is 17.7 Å². The highest BCUT2D eigenvalue weighted by atomic mass is 19.1. The molecule has 1 nitrogen and oxygen atoms in total. The molecule has 1 N–H and O–H groups in total. The molecule has 4 bridgehead atoms. The molecule has 0 heterocycles. The van der Waals surface area contributed by atoms with Gasteiger partial charge in [-0.1, -0.05) is 17.7 Å². The minimum absolute atomic E-state index is 0.222. The summed E-state index contributed by atoms with van der Waals surface area (Å²) in [4.78, 5) is 0. The van der Waals surface area contributed by atoms with E-state index in [1.807, 2.05) is 13.0 Å². The molecule has 5 rings (SSSR count). The summed E-state index contributed by atoms with van der Waals surface area (Å²) in [5.74, 6) is 1.91. The number of halogens is 1. The predicted octanol–water partition coefficient (Wildman–Crippen LogP) is 3.78.